The van der Waals surface area contributed by atoms with Gasteiger partial charge in [0.15, 0.2) is 5.13 Å². The Bertz CT molecular complexity index is 481. The molecule has 2 heterocycles. The van der Waals surface area contributed by atoms with Gasteiger partial charge < -0.3 is 20.7 Å². The van der Waals surface area contributed by atoms with E-state index in [-0.39, 0.29) is 5.91 Å². The average molecular weight is 330 g/mol. The molecule has 3 N–H and O–H groups in total. The average Bonchev–Trinajstić information content (AvgIpc) is 2.88. The minimum atomic E-state index is 0.00328. The van der Waals surface area contributed by atoms with Gasteiger partial charge in [-0.2, -0.15) is 11.8 Å². The standard InChI is InChI=1S/C13H22N4O2S2/c1-3-9-8-17(5-7-20-9)12(18)10-11(14)16-13(21-10)15-4-6-19-2/h9H,3-8,14H2,1-2H3,(H,15,16). The molecule has 0 bridgehead atoms. The zero-order valence-corrected chi connectivity index (χ0v) is 14.1. The molecule has 1 fully saturated rings. The molecule has 21 heavy (non-hydrogen) atoms. The number of thiazole rings is 1. The predicted octanol–water partition coefficient (Wildman–Crippen LogP) is 1.75. The van der Waals surface area contributed by atoms with Crippen LogP contribution in [0.4, 0.5) is 10.9 Å². The second-order valence-electron chi connectivity index (χ2n) is 4.81. The lowest BCUT2D eigenvalue weighted by molar-refractivity contribution is 0.0766. The van der Waals surface area contributed by atoms with Crippen LogP contribution in [0.15, 0.2) is 0 Å². The molecule has 8 heteroatoms. The first kappa shape index (κ1) is 16.4. The Morgan fingerprint density at radius 1 is 1.62 bits per heavy atom. The van der Waals surface area contributed by atoms with Crippen molar-refractivity contribution in [3.8, 4) is 0 Å². The van der Waals surface area contributed by atoms with Crippen molar-refractivity contribution in [1.82, 2.24) is 9.88 Å². The van der Waals surface area contributed by atoms with Crippen molar-refractivity contribution in [3.63, 3.8) is 0 Å². The number of hydrogen-bond donors (Lipinski definition) is 2. The second kappa shape index (κ2) is 7.86. The highest BCUT2D eigenvalue weighted by atomic mass is 32.2. The van der Waals surface area contributed by atoms with Crippen LogP contribution in [0.5, 0.6) is 0 Å². The number of methoxy groups -OCH3 is 1. The van der Waals surface area contributed by atoms with Crippen LogP contribution in [-0.4, -0.2) is 60.1 Å². The molecule has 1 unspecified atom stereocenters. The third-order valence-electron chi connectivity index (χ3n) is 3.31. The summed E-state index contributed by atoms with van der Waals surface area (Å²) < 4.78 is 4.97. The van der Waals surface area contributed by atoms with Crippen molar-refractivity contribution in [2.45, 2.75) is 18.6 Å². The summed E-state index contributed by atoms with van der Waals surface area (Å²) in [4.78, 5) is 19.2. The summed E-state index contributed by atoms with van der Waals surface area (Å²) in [5, 5.41) is 4.31. The Hall–Kier alpha value is -0.990. The first-order valence-electron chi connectivity index (χ1n) is 7.05. The summed E-state index contributed by atoms with van der Waals surface area (Å²) in [5.74, 6) is 1.31. The largest absolute Gasteiger partial charge is 0.383 e. The predicted molar refractivity (Wildman–Crippen MR) is 89.3 cm³/mol. The number of aromatic nitrogens is 1. The molecule has 1 aromatic heterocycles. The lowest BCUT2D eigenvalue weighted by atomic mass is 10.3. The maximum atomic E-state index is 12.6. The van der Waals surface area contributed by atoms with E-state index < -0.39 is 0 Å². The lowest BCUT2D eigenvalue weighted by Gasteiger charge is -2.31. The van der Waals surface area contributed by atoms with Gasteiger partial charge in [-0.15, -0.1) is 0 Å². The molecule has 6 nitrogen and oxygen atoms in total. The molecule has 1 saturated heterocycles. The summed E-state index contributed by atoms with van der Waals surface area (Å²) in [6.45, 7) is 4.97. The molecule has 0 saturated carbocycles. The zero-order valence-electron chi connectivity index (χ0n) is 12.4. The molecule has 0 spiro atoms. The highest BCUT2D eigenvalue weighted by Gasteiger charge is 2.27. The molecule has 0 aliphatic carbocycles. The van der Waals surface area contributed by atoms with E-state index in [0.29, 0.717) is 34.2 Å². The van der Waals surface area contributed by atoms with E-state index in [4.69, 9.17) is 10.5 Å². The zero-order chi connectivity index (χ0) is 15.2. The molecule has 0 radical (unpaired) electrons. The van der Waals surface area contributed by atoms with Gasteiger partial charge in [0.05, 0.1) is 6.61 Å². The molecule has 1 amide bonds. The molecular weight excluding hydrogens is 308 g/mol. The van der Waals surface area contributed by atoms with Gasteiger partial charge >= 0.3 is 0 Å². The van der Waals surface area contributed by atoms with Crippen molar-refractivity contribution in [3.05, 3.63) is 4.88 Å². The van der Waals surface area contributed by atoms with Crippen molar-refractivity contribution >= 4 is 40.0 Å². The molecule has 118 valence electrons. The molecule has 2 rings (SSSR count). The number of thioether (sulfide) groups is 1. The summed E-state index contributed by atoms with van der Waals surface area (Å²) >= 11 is 3.26. The van der Waals surface area contributed by atoms with Crippen LogP contribution < -0.4 is 11.1 Å². The maximum absolute atomic E-state index is 12.6. The number of nitrogens with one attached hydrogen (secondary N) is 1. The van der Waals surface area contributed by atoms with Gasteiger partial charge in [0.2, 0.25) is 0 Å². The number of amides is 1. The third kappa shape index (κ3) is 4.24. The first-order chi connectivity index (χ1) is 10.2. The Morgan fingerprint density at radius 3 is 3.14 bits per heavy atom. The number of carbonyl (C=O) groups excluding carboxylic acids is 1. The van der Waals surface area contributed by atoms with Crippen LogP contribution in [0, 0.1) is 0 Å². The molecule has 1 aliphatic heterocycles. The van der Waals surface area contributed by atoms with Crippen LogP contribution in [0.1, 0.15) is 23.0 Å². The Balaban J connectivity index is 2.01. The highest BCUT2D eigenvalue weighted by molar-refractivity contribution is 8.00. The van der Waals surface area contributed by atoms with Gasteiger partial charge in [-0.05, 0) is 6.42 Å². The summed E-state index contributed by atoms with van der Waals surface area (Å²) in [6.07, 6.45) is 1.08. The number of rotatable bonds is 6. The Kier molecular flexibility index (Phi) is 6.13. The van der Waals surface area contributed by atoms with Crippen molar-refractivity contribution < 1.29 is 9.53 Å². The van der Waals surface area contributed by atoms with E-state index in [2.05, 4.69) is 17.2 Å². The molecule has 0 aromatic carbocycles. The number of carbonyl (C=O) groups is 1. The number of hydrogen-bond acceptors (Lipinski definition) is 7. The van der Waals surface area contributed by atoms with Crippen molar-refractivity contribution in [2.75, 3.05) is 50.2 Å². The number of nitrogens with two attached hydrogens (primary N) is 1. The van der Waals surface area contributed by atoms with Gasteiger partial charge in [-0.1, -0.05) is 18.3 Å². The van der Waals surface area contributed by atoms with Crippen molar-refractivity contribution in [2.24, 2.45) is 0 Å². The van der Waals surface area contributed by atoms with Gasteiger partial charge in [0.25, 0.3) is 5.91 Å². The van der Waals surface area contributed by atoms with E-state index >= 15 is 0 Å². The first-order valence-corrected chi connectivity index (χ1v) is 8.92. The number of anilines is 2. The van der Waals surface area contributed by atoms with Crippen LogP contribution in [0.25, 0.3) is 0 Å². The van der Waals surface area contributed by atoms with E-state index in [0.717, 1.165) is 25.3 Å². The number of nitrogens with zero attached hydrogens (tertiary/aromatic N) is 2. The Morgan fingerprint density at radius 2 is 2.43 bits per heavy atom. The summed E-state index contributed by atoms with van der Waals surface area (Å²) in [7, 11) is 1.64. The van der Waals surface area contributed by atoms with E-state index in [1.54, 1.807) is 7.11 Å². The SMILES string of the molecule is CCC1CN(C(=O)c2sc(NCCOC)nc2N)CCS1. The normalized spacial score (nSPS) is 18.8. The third-order valence-corrected chi connectivity index (χ3v) is 5.70. The maximum Gasteiger partial charge on any atom is 0.267 e. The fourth-order valence-corrected chi connectivity index (χ4v) is 4.17. The van der Waals surface area contributed by atoms with Gasteiger partial charge in [-0.3, -0.25) is 4.79 Å². The van der Waals surface area contributed by atoms with Gasteiger partial charge in [0.1, 0.15) is 10.7 Å². The fourth-order valence-electron chi connectivity index (χ4n) is 2.12. The van der Waals surface area contributed by atoms with Crippen molar-refractivity contribution in [1.29, 1.82) is 0 Å². The summed E-state index contributed by atoms with van der Waals surface area (Å²) in [6, 6.07) is 0. The van der Waals surface area contributed by atoms with Gasteiger partial charge in [-0.25, -0.2) is 4.98 Å². The monoisotopic (exact) mass is 330 g/mol. The molecule has 1 atom stereocenters. The molecular formula is C13H22N4O2S2. The van der Waals surface area contributed by atoms with E-state index in [1.165, 1.54) is 11.3 Å². The van der Waals surface area contributed by atoms with Crippen LogP contribution in [0.2, 0.25) is 0 Å². The highest BCUT2D eigenvalue weighted by Crippen LogP contribution is 2.28. The van der Waals surface area contributed by atoms with Crippen LogP contribution >= 0.6 is 23.1 Å². The topological polar surface area (TPSA) is 80.5 Å². The smallest absolute Gasteiger partial charge is 0.267 e. The van der Waals surface area contributed by atoms with Crippen LogP contribution in [-0.2, 0) is 4.74 Å². The number of nitrogen functional groups attached to an aromatic ring is 1. The molecule has 1 aliphatic rings. The van der Waals surface area contributed by atoms with Gasteiger partial charge in [0, 0.05) is 37.7 Å². The second-order valence-corrected chi connectivity index (χ2v) is 7.21. The minimum absolute atomic E-state index is 0.00328. The lowest BCUT2D eigenvalue weighted by Crippen LogP contribution is -2.41. The van der Waals surface area contributed by atoms with Crippen LogP contribution in [0.3, 0.4) is 0 Å². The quantitative estimate of drug-likeness (QED) is 0.774. The number of ether oxygens (including phenoxy) is 1. The fraction of sp³-hybridized carbons (Fsp3) is 0.692. The van der Waals surface area contributed by atoms with E-state index in [1.807, 2.05) is 16.7 Å². The van der Waals surface area contributed by atoms with E-state index in [9.17, 15) is 4.79 Å². The Labute approximate surface area is 133 Å². The minimum Gasteiger partial charge on any atom is -0.383 e. The molecule has 1 aromatic rings. The summed E-state index contributed by atoms with van der Waals surface area (Å²) in [5.41, 5.74) is 5.90.